The van der Waals surface area contributed by atoms with Gasteiger partial charge in [-0.25, -0.2) is 0 Å². The van der Waals surface area contributed by atoms with Gasteiger partial charge in [0, 0.05) is 0 Å². The standard InChI is InChI=1S/C10H18O6/c1-5(12)10(4-11)7(13)6-8(16-10)15-9(2,3)14-6/h5-8,11-13H,4H2,1-3H3/t5-,6+,7-,8-,10+/m0/s1. The summed E-state index contributed by atoms with van der Waals surface area (Å²) in [6, 6.07) is 0. The highest BCUT2D eigenvalue weighted by atomic mass is 16.8. The second kappa shape index (κ2) is 3.63. The summed E-state index contributed by atoms with van der Waals surface area (Å²) in [5, 5.41) is 29.0. The summed E-state index contributed by atoms with van der Waals surface area (Å²) in [6.07, 6.45) is -3.58. The van der Waals surface area contributed by atoms with Gasteiger partial charge in [-0.15, -0.1) is 0 Å². The third-order valence-electron chi connectivity index (χ3n) is 3.19. The molecule has 3 N–H and O–H groups in total. The Morgan fingerprint density at radius 2 is 1.88 bits per heavy atom. The number of hydrogen-bond acceptors (Lipinski definition) is 6. The number of aliphatic hydroxyl groups is 3. The maximum atomic E-state index is 10.1. The Hall–Kier alpha value is -0.240. The molecule has 2 aliphatic heterocycles. The summed E-state index contributed by atoms with van der Waals surface area (Å²) < 4.78 is 16.3. The lowest BCUT2D eigenvalue weighted by Crippen LogP contribution is -2.55. The topological polar surface area (TPSA) is 88.4 Å². The van der Waals surface area contributed by atoms with E-state index in [2.05, 4.69) is 0 Å². The molecule has 2 rings (SSSR count). The van der Waals surface area contributed by atoms with Crippen LogP contribution >= 0.6 is 0 Å². The molecule has 0 radical (unpaired) electrons. The van der Waals surface area contributed by atoms with Crippen molar-refractivity contribution >= 4 is 0 Å². The zero-order valence-corrected chi connectivity index (χ0v) is 9.58. The smallest absolute Gasteiger partial charge is 0.190 e. The molecule has 0 unspecified atom stereocenters. The average molecular weight is 234 g/mol. The second-order valence-corrected chi connectivity index (χ2v) is 4.82. The van der Waals surface area contributed by atoms with Crippen molar-refractivity contribution < 1.29 is 29.5 Å². The first kappa shape index (κ1) is 12.2. The quantitative estimate of drug-likeness (QED) is 0.566. The highest BCUT2D eigenvalue weighted by Crippen LogP contribution is 2.43. The molecule has 2 aliphatic rings. The van der Waals surface area contributed by atoms with Gasteiger partial charge in [-0.3, -0.25) is 0 Å². The van der Waals surface area contributed by atoms with E-state index in [-0.39, 0.29) is 0 Å². The number of hydrogen-bond donors (Lipinski definition) is 3. The Bertz CT molecular complexity index is 278. The summed E-state index contributed by atoms with van der Waals surface area (Å²) >= 11 is 0. The van der Waals surface area contributed by atoms with Gasteiger partial charge in [0.15, 0.2) is 12.1 Å². The summed E-state index contributed by atoms with van der Waals surface area (Å²) in [4.78, 5) is 0. The first-order valence-electron chi connectivity index (χ1n) is 5.33. The largest absolute Gasteiger partial charge is 0.393 e. The summed E-state index contributed by atoms with van der Waals surface area (Å²) in [6.45, 7) is 4.38. The van der Waals surface area contributed by atoms with Gasteiger partial charge in [0.05, 0.1) is 12.7 Å². The van der Waals surface area contributed by atoms with E-state index in [1.54, 1.807) is 13.8 Å². The van der Waals surface area contributed by atoms with Gasteiger partial charge in [-0.2, -0.15) is 0 Å². The summed E-state index contributed by atoms with van der Waals surface area (Å²) in [7, 11) is 0. The van der Waals surface area contributed by atoms with Gasteiger partial charge in [0.2, 0.25) is 0 Å². The van der Waals surface area contributed by atoms with Crippen molar-refractivity contribution in [2.45, 2.75) is 56.8 Å². The minimum atomic E-state index is -1.42. The van der Waals surface area contributed by atoms with E-state index in [1.807, 2.05) is 0 Å². The molecule has 6 nitrogen and oxygen atoms in total. The Morgan fingerprint density at radius 1 is 1.25 bits per heavy atom. The number of fused-ring (bicyclic) bond motifs is 1. The zero-order chi connectivity index (χ0) is 12.1. The third kappa shape index (κ3) is 1.57. The minimum absolute atomic E-state index is 0.494. The van der Waals surface area contributed by atoms with Gasteiger partial charge in [0.1, 0.15) is 17.8 Å². The lowest BCUT2D eigenvalue weighted by atomic mass is 9.91. The summed E-state index contributed by atoms with van der Waals surface area (Å²) in [5.41, 5.74) is -1.42. The number of ether oxygens (including phenoxy) is 3. The van der Waals surface area contributed by atoms with Crippen LogP contribution in [0.1, 0.15) is 20.8 Å². The summed E-state index contributed by atoms with van der Waals surface area (Å²) in [5.74, 6) is -0.823. The molecule has 2 fully saturated rings. The Kier molecular flexibility index (Phi) is 2.77. The normalized spacial score (nSPS) is 48.0. The van der Waals surface area contributed by atoms with Crippen LogP contribution in [-0.2, 0) is 14.2 Å². The van der Waals surface area contributed by atoms with Gasteiger partial charge < -0.3 is 29.5 Å². The van der Waals surface area contributed by atoms with Crippen molar-refractivity contribution in [3.05, 3.63) is 0 Å². The molecule has 2 saturated heterocycles. The molecule has 0 aromatic rings. The predicted molar refractivity (Wildman–Crippen MR) is 52.4 cm³/mol. The Labute approximate surface area is 93.7 Å². The second-order valence-electron chi connectivity index (χ2n) is 4.82. The van der Waals surface area contributed by atoms with Crippen LogP contribution in [0.2, 0.25) is 0 Å². The first-order chi connectivity index (χ1) is 7.32. The zero-order valence-electron chi connectivity index (χ0n) is 9.58. The first-order valence-corrected chi connectivity index (χ1v) is 5.33. The van der Waals surface area contributed by atoms with Crippen LogP contribution in [-0.4, -0.2) is 57.9 Å². The van der Waals surface area contributed by atoms with Crippen LogP contribution in [0.4, 0.5) is 0 Å². The van der Waals surface area contributed by atoms with Gasteiger partial charge in [0.25, 0.3) is 0 Å². The third-order valence-corrected chi connectivity index (χ3v) is 3.19. The molecule has 6 heteroatoms. The molecular weight excluding hydrogens is 216 g/mol. The van der Waals surface area contributed by atoms with Gasteiger partial charge in [-0.1, -0.05) is 0 Å². The van der Waals surface area contributed by atoms with Crippen molar-refractivity contribution in [1.82, 2.24) is 0 Å². The SMILES string of the molecule is C[C@H](O)[C@@]1(CO)O[C@@H]2OC(C)(C)O[C@@H]2[C@@H]1O. The number of aliphatic hydroxyl groups excluding tert-OH is 3. The highest BCUT2D eigenvalue weighted by Gasteiger charge is 2.63. The fourth-order valence-corrected chi connectivity index (χ4v) is 2.23. The lowest BCUT2D eigenvalue weighted by Gasteiger charge is -2.34. The molecule has 0 spiro atoms. The highest BCUT2D eigenvalue weighted by molar-refractivity contribution is 5.05. The Balaban J connectivity index is 2.21. The van der Waals surface area contributed by atoms with E-state index in [0.29, 0.717) is 0 Å². The average Bonchev–Trinajstić information content (AvgIpc) is 2.59. The van der Waals surface area contributed by atoms with Crippen molar-refractivity contribution in [3.8, 4) is 0 Å². The maximum Gasteiger partial charge on any atom is 0.190 e. The Morgan fingerprint density at radius 3 is 2.31 bits per heavy atom. The van der Waals surface area contributed by atoms with E-state index in [1.165, 1.54) is 6.92 Å². The van der Waals surface area contributed by atoms with Crippen LogP contribution in [0.15, 0.2) is 0 Å². The van der Waals surface area contributed by atoms with Crippen LogP contribution in [0.25, 0.3) is 0 Å². The molecule has 0 amide bonds. The van der Waals surface area contributed by atoms with Gasteiger partial charge in [-0.05, 0) is 20.8 Å². The minimum Gasteiger partial charge on any atom is -0.393 e. The fraction of sp³-hybridized carbons (Fsp3) is 1.00. The van der Waals surface area contributed by atoms with Crippen LogP contribution in [0.3, 0.4) is 0 Å². The molecule has 0 bridgehead atoms. The van der Waals surface area contributed by atoms with Crippen molar-refractivity contribution in [1.29, 1.82) is 0 Å². The van der Waals surface area contributed by atoms with Crippen molar-refractivity contribution in [2.75, 3.05) is 6.61 Å². The maximum absolute atomic E-state index is 10.1. The van der Waals surface area contributed by atoms with E-state index < -0.39 is 42.6 Å². The fourth-order valence-electron chi connectivity index (χ4n) is 2.23. The van der Waals surface area contributed by atoms with E-state index in [9.17, 15) is 15.3 Å². The molecule has 0 aliphatic carbocycles. The van der Waals surface area contributed by atoms with Crippen LogP contribution in [0.5, 0.6) is 0 Å². The number of rotatable bonds is 2. The van der Waals surface area contributed by atoms with E-state index >= 15 is 0 Å². The van der Waals surface area contributed by atoms with Crippen molar-refractivity contribution in [3.63, 3.8) is 0 Å². The molecule has 5 atom stereocenters. The lowest BCUT2D eigenvalue weighted by molar-refractivity contribution is -0.263. The van der Waals surface area contributed by atoms with Crippen LogP contribution < -0.4 is 0 Å². The van der Waals surface area contributed by atoms with Crippen molar-refractivity contribution in [2.24, 2.45) is 0 Å². The molecule has 94 valence electrons. The molecule has 16 heavy (non-hydrogen) atoms. The van der Waals surface area contributed by atoms with E-state index in [4.69, 9.17) is 14.2 Å². The molecule has 0 aromatic heterocycles. The van der Waals surface area contributed by atoms with Crippen LogP contribution in [0, 0.1) is 0 Å². The monoisotopic (exact) mass is 234 g/mol. The van der Waals surface area contributed by atoms with E-state index in [0.717, 1.165) is 0 Å². The predicted octanol–water partition coefficient (Wildman–Crippen LogP) is -1.03. The molecule has 0 aromatic carbocycles. The molecular formula is C10H18O6. The van der Waals surface area contributed by atoms with Gasteiger partial charge >= 0.3 is 0 Å². The molecule has 0 saturated carbocycles. The molecule has 2 heterocycles.